The molecular formula is C25H31FN2O3. The Morgan fingerprint density at radius 3 is 2.26 bits per heavy atom. The molecule has 3 rings (SSSR count). The van der Waals surface area contributed by atoms with E-state index in [2.05, 4.69) is 5.32 Å². The fraction of sp³-hybridized carbons (Fsp3) is 0.440. The predicted molar refractivity (Wildman–Crippen MR) is 118 cm³/mol. The summed E-state index contributed by atoms with van der Waals surface area (Å²) in [6.45, 7) is 2.08. The van der Waals surface area contributed by atoms with Gasteiger partial charge in [0.25, 0.3) is 0 Å². The number of benzene rings is 2. The van der Waals surface area contributed by atoms with Gasteiger partial charge in [-0.3, -0.25) is 9.59 Å². The molecule has 2 aromatic rings. The second-order valence-electron chi connectivity index (χ2n) is 8.19. The number of hydrogen-bond acceptors (Lipinski definition) is 3. The summed E-state index contributed by atoms with van der Waals surface area (Å²) >= 11 is 0. The molecule has 5 nitrogen and oxygen atoms in total. The Morgan fingerprint density at radius 1 is 1.03 bits per heavy atom. The van der Waals surface area contributed by atoms with E-state index in [-0.39, 0.29) is 30.1 Å². The molecule has 0 spiro atoms. The van der Waals surface area contributed by atoms with E-state index < -0.39 is 6.04 Å². The number of rotatable bonds is 8. The maximum atomic E-state index is 13.2. The van der Waals surface area contributed by atoms with E-state index in [9.17, 15) is 14.0 Å². The van der Waals surface area contributed by atoms with Crippen LogP contribution in [0.15, 0.2) is 48.5 Å². The van der Waals surface area contributed by atoms with E-state index in [1.54, 1.807) is 31.1 Å². The summed E-state index contributed by atoms with van der Waals surface area (Å²) in [5, 5.41) is 3.13. The average Bonchev–Trinajstić information content (AvgIpc) is 2.79. The van der Waals surface area contributed by atoms with Gasteiger partial charge in [0.1, 0.15) is 17.6 Å². The zero-order valence-electron chi connectivity index (χ0n) is 18.3. The van der Waals surface area contributed by atoms with E-state index in [1.807, 2.05) is 24.3 Å². The molecule has 0 radical (unpaired) electrons. The van der Waals surface area contributed by atoms with Crippen LogP contribution >= 0.6 is 0 Å². The molecule has 1 aliphatic carbocycles. The largest absolute Gasteiger partial charge is 0.497 e. The lowest BCUT2D eigenvalue weighted by atomic mass is 9.95. The molecule has 1 N–H and O–H groups in total. The van der Waals surface area contributed by atoms with Gasteiger partial charge < -0.3 is 15.0 Å². The van der Waals surface area contributed by atoms with Crippen LogP contribution in [0.1, 0.15) is 50.2 Å². The molecule has 31 heavy (non-hydrogen) atoms. The molecule has 0 aliphatic heterocycles. The zero-order chi connectivity index (χ0) is 22.2. The van der Waals surface area contributed by atoms with E-state index in [1.165, 1.54) is 18.6 Å². The lowest BCUT2D eigenvalue weighted by Gasteiger charge is -2.31. The van der Waals surface area contributed by atoms with E-state index in [0.717, 1.165) is 37.0 Å². The fourth-order valence-corrected chi connectivity index (χ4v) is 3.96. The quantitative estimate of drug-likeness (QED) is 0.687. The molecule has 0 heterocycles. The minimum absolute atomic E-state index is 0.109. The van der Waals surface area contributed by atoms with Crippen molar-refractivity contribution in [1.82, 2.24) is 10.2 Å². The molecule has 2 amide bonds. The van der Waals surface area contributed by atoms with Gasteiger partial charge in [-0.05, 0) is 55.2 Å². The Bertz CT molecular complexity index is 861. The van der Waals surface area contributed by atoms with Crippen molar-refractivity contribution in [2.24, 2.45) is 0 Å². The van der Waals surface area contributed by atoms with E-state index in [4.69, 9.17) is 4.74 Å². The molecule has 0 aromatic heterocycles. The summed E-state index contributed by atoms with van der Waals surface area (Å²) in [5.41, 5.74) is 1.62. The first-order valence-corrected chi connectivity index (χ1v) is 10.9. The average molecular weight is 427 g/mol. The summed E-state index contributed by atoms with van der Waals surface area (Å²) < 4.78 is 18.4. The van der Waals surface area contributed by atoms with Crippen LogP contribution in [0, 0.1) is 5.82 Å². The highest BCUT2D eigenvalue weighted by molar-refractivity contribution is 5.88. The standard InChI is InChI=1S/C25H31FN2O3/c1-18(25(30)27-22-6-4-3-5-7-22)28(17-20-10-14-23(31-2)15-11-20)24(29)16-19-8-12-21(26)13-9-19/h8-15,18,22H,3-7,16-17H2,1-2H3,(H,27,30)/t18-/m1/s1. The van der Waals surface area contributed by atoms with Crippen molar-refractivity contribution < 1.29 is 18.7 Å². The van der Waals surface area contributed by atoms with Crippen LogP contribution in [0.25, 0.3) is 0 Å². The number of carbonyl (C=O) groups excluding carboxylic acids is 2. The Hall–Kier alpha value is -2.89. The van der Waals surface area contributed by atoms with Crippen LogP contribution < -0.4 is 10.1 Å². The number of halogens is 1. The third-order valence-corrected chi connectivity index (χ3v) is 5.90. The fourth-order valence-electron chi connectivity index (χ4n) is 3.96. The van der Waals surface area contributed by atoms with Gasteiger partial charge in [0.2, 0.25) is 11.8 Å². The number of nitrogens with zero attached hydrogens (tertiary/aromatic N) is 1. The molecule has 1 atom stereocenters. The van der Waals surface area contributed by atoms with Gasteiger partial charge in [0.05, 0.1) is 13.5 Å². The summed E-state index contributed by atoms with van der Waals surface area (Å²) in [5.74, 6) is 0.0872. The zero-order valence-corrected chi connectivity index (χ0v) is 18.3. The molecule has 1 saturated carbocycles. The molecule has 166 valence electrons. The normalized spacial score (nSPS) is 15.2. The first-order valence-electron chi connectivity index (χ1n) is 10.9. The van der Waals surface area contributed by atoms with Crippen LogP contribution in [0.4, 0.5) is 4.39 Å². The maximum Gasteiger partial charge on any atom is 0.242 e. The van der Waals surface area contributed by atoms with Crippen molar-refractivity contribution >= 4 is 11.8 Å². The highest BCUT2D eigenvalue weighted by Gasteiger charge is 2.28. The van der Waals surface area contributed by atoms with Crippen molar-refractivity contribution in [2.75, 3.05) is 7.11 Å². The molecule has 1 aliphatic rings. The van der Waals surface area contributed by atoms with E-state index >= 15 is 0 Å². The molecule has 0 saturated heterocycles. The summed E-state index contributed by atoms with van der Waals surface area (Å²) in [6.07, 6.45) is 5.54. The van der Waals surface area contributed by atoms with Crippen LogP contribution in [-0.4, -0.2) is 35.9 Å². The van der Waals surface area contributed by atoms with Crippen LogP contribution in [0.3, 0.4) is 0 Å². The van der Waals surface area contributed by atoms with Gasteiger partial charge in [-0.15, -0.1) is 0 Å². The third kappa shape index (κ3) is 6.54. The highest BCUT2D eigenvalue weighted by Crippen LogP contribution is 2.19. The van der Waals surface area contributed by atoms with Gasteiger partial charge in [0.15, 0.2) is 0 Å². The number of methoxy groups -OCH3 is 1. The van der Waals surface area contributed by atoms with Gasteiger partial charge in [-0.25, -0.2) is 4.39 Å². The first-order chi connectivity index (χ1) is 15.0. The highest BCUT2D eigenvalue weighted by atomic mass is 19.1. The van der Waals surface area contributed by atoms with Crippen molar-refractivity contribution in [1.29, 1.82) is 0 Å². The van der Waals surface area contributed by atoms with Crippen LogP contribution in [0.2, 0.25) is 0 Å². The van der Waals surface area contributed by atoms with E-state index in [0.29, 0.717) is 12.1 Å². The summed E-state index contributed by atoms with van der Waals surface area (Å²) in [7, 11) is 1.60. The number of ether oxygens (including phenoxy) is 1. The minimum Gasteiger partial charge on any atom is -0.497 e. The Labute approximate surface area is 183 Å². The smallest absolute Gasteiger partial charge is 0.242 e. The molecule has 2 aromatic carbocycles. The Balaban J connectivity index is 1.74. The van der Waals surface area contributed by atoms with Gasteiger partial charge in [-0.2, -0.15) is 0 Å². The number of carbonyl (C=O) groups is 2. The van der Waals surface area contributed by atoms with Crippen molar-refractivity contribution in [3.8, 4) is 5.75 Å². The number of hydrogen-bond donors (Lipinski definition) is 1. The van der Waals surface area contributed by atoms with Crippen LogP contribution in [0.5, 0.6) is 5.75 Å². The monoisotopic (exact) mass is 426 g/mol. The number of amides is 2. The third-order valence-electron chi connectivity index (χ3n) is 5.90. The van der Waals surface area contributed by atoms with Gasteiger partial charge in [0, 0.05) is 12.6 Å². The Kier molecular flexibility index (Phi) is 8.04. The molecular weight excluding hydrogens is 395 g/mol. The lowest BCUT2D eigenvalue weighted by molar-refractivity contribution is -0.140. The van der Waals surface area contributed by atoms with Crippen LogP contribution in [-0.2, 0) is 22.6 Å². The SMILES string of the molecule is COc1ccc(CN(C(=O)Cc2ccc(F)cc2)[C@H](C)C(=O)NC2CCCCC2)cc1. The lowest BCUT2D eigenvalue weighted by Crippen LogP contribution is -2.50. The molecule has 0 unspecified atom stereocenters. The maximum absolute atomic E-state index is 13.2. The molecule has 1 fully saturated rings. The first kappa shape index (κ1) is 22.8. The summed E-state index contributed by atoms with van der Waals surface area (Å²) in [6, 6.07) is 12.9. The van der Waals surface area contributed by atoms with Crippen molar-refractivity contribution in [3.63, 3.8) is 0 Å². The predicted octanol–water partition coefficient (Wildman–Crippen LogP) is 4.24. The van der Waals surface area contributed by atoms with Gasteiger partial charge in [-0.1, -0.05) is 43.5 Å². The second-order valence-corrected chi connectivity index (χ2v) is 8.19. The molecule has 0 bridgehead atoms. The van der Waals surface area contributed by atoms with Gasteiger partial charge >= 0.3 is 0 Å². The minimum atomic E-state index is -0.614. The molecule has 6 heteroatoms. The van der Waals surface area contributed by atoms with Crippen molar-refractivity contribution in [2.45, 2.75) is 64.1 Å². The topological polar surface area (TPSA) is 58.6 Å². The number of nitrogens with one attached hydrogen (secondary N) is 1. The Morgan fingerprint density at radius 2 is 1.65 bits per heavy atom. The van der Waals surface area contributed by atoms with Crippen molar-refractivity contribution in [3.05, 3.63) is 65.5 Å². The second kappa shape index (κ2) is 10.9. The summed E-state index contributed by atoms with van der Waals surface area (Å²) in [4.78, 5) is 27.8.